The van der Waals surface area contributed by atoms with Crippen LogP contribution < -0.4 is 0 Å². The van der Waals surface area contributed by atoms with Crippen LogP contribution in [0.15, 0.2) is 0 Å². The summed E-state index contributed by atoms with van der Waals surface area (Å²) in [7, 11) is 0. The maximum Gasteiger partial charge on any atom is 0.127 e. The molecule has 4 heteroatoms. The van der Waals surface area contributed by atoms with Gasteiger partial charge < -0.3 is 14.6 Å². The van der Waals surface area contributed by atoms with E-state index in [1.54, 1.807) is 0 Å². The highest BCUT2D eigenvalue weighted by Crippen LogP contribution is 2.35. The van der Waals surface area contributed by atoms with Gasteiger partial charge in [-0.3, -0.25) is 4.90 Å². The van der Waals surface area contributed by atoms with Crippen molar-refractivity contribution in [3.63, 3.8) is 0 Å². The maximum atomic E-state index is 11.5. The van der Waals surface area contributed by atoms with Gasteiger partial charge in [0.15, 0.2) is 0 Å². The first-order valence-corrected chi connectivity index (χ1v) is 7.12. The highest BCUT2D eigenvalue weighted by molar-refractivity contribution is 5.60. The molecule has 0 spiro atoms. The van der Waals surface area contributed by atoms with Gasteiger partial charge in [0.2, 0.25) is 0 Å². The summed E-state index contributed by atoms with van der Waals surface area (Å²) in [5.41, 5.74) is -0.144. The van der Waals surface area contributed by atoms with Gasteiger partial charge in [0.05, 0.1) is 18.8 Å². The number of rotatable bonds is 4. The van der Waals surface area contributed by atoms with E-state index in [0.29, 0.717) is 0 Å². The van der Waals surface area contributed by atoms with Gasteiger partial charge in [-0.25, -0.2) is 0 Å². The fraction of sp³-hybridized carbons (Fsp3) is 0.929. The van der Waals surface area contributed by atoms with Gasteiger partial charge in [0.25, 0.3) is 0 Å². The Kier molecular flexibility index (Phi) is 4.76. The molecule has 18 heavy (non-hydrogen) atoms. The lowest BCUT2D eigenvalue weighted by atomic mass is 9.74. The number of hydrogen-bond acceptors (Lipinski definition) is 4. The maximum absolute atomic E-state index is 11.5. The van der Waals surface area contributed by atoms with Crippen LogP contribution in [-0.4, -0.2) is 54.7 Å². The lowest BCUT2D eigenvalue weighted by Gasteiger charge is -2.42. The zero-order valence-corrected chi connectivity index (χ0v) is 11.3. The molecule has 0 amide bonds. The van der Waals surface area contributed by atoms with E-state index in [-0.39, 0.29) is 24.2 Å². The van der Waals surface area contributed by atoms with Crippen molar-refractivity contribution in [3.8, 4) is 0 Å². The molecule has 0 aromatic rings. The van der Waals surface area contributed by atoms with E-state index in [1.165, 1.54) is 25.5 Å². The largest absolute Gasteiger partial charge is 0.394 e. The monoisotopic (exact) mass is 255 g/mol. The van der Waals surface area contributed by atoms with Crippen LogP contribution in [-0.2, 0) is 9.53 Å². The van der Waals surface area contributed by atoms with E-state index in [1.807, 2.05) is 6.92 Å². The molecule has 1 N–H and O–H groups in total. The first-order valence-electron chi connectivity index (χ1n) is 7.12. The SMILES string of the molecule is CC1CN(CC2(C=O)CCCCC2)CC(CO)O1. The van der Waals surface area contributed by atoms with Crippen LogP contribution in [0.1, 0.15) is 39.0 Å². The molecule has 2 fully saturated rings. The summed E-state index contributed by atoms with van der Waals surface area (Å²) in [5, 5.41) is 9.23. The van der Waals surface area contributed by atoms with Gasteiger partial charge in [0, 0.05) is 25.0 Å². The van der Waals surface area contributed by atoms with Crippen molar-refractivity contribution >= 4 is 6.29 Å². The summed E-state index contributed by atoms with van der Waals surface area (Å²) in [6.45, 7) is 4.54. The second kappa shape index (κ2) is 6.13. The minimum absolute atomic E-state index is 0.0644. The van der Waals surface area contributed by atoms with Gasteiger partial charge in [0.1, 0.15) is 6.29 Å². The fourth-order valence-electron chi connectivity index (χ4n) is 3.39. The number of aldehydes is 1. The Hall–Kier alpha value is -0.450. The van der Waals surface area contributed by atoms with Gasteiger partial charge in [-0.05, 0) is 19.8 Å². The molecule has 0 radical (unpaired) electrons. The normalized spacial score (nSPS) is 33.2. The second-order valence-electron chi connectivity index (χ2n) is 5.99. The Morgan fingerprint density at radius 3 is 2.67 bits per heavy atom. The zero-order valence-electron chi connectivity index (χ0n) is 11.3. The Labute approximate surface area is 109 Å². The molecule has 0 aromatic carbocycles. The first-order chi connectivity index (χ1) is 8.67. The number of hydrogen-bond donors (Lipinski definition) is 1. The molecule has 2 atom stereocenters. The summed E-state index contributed by atoms with van der Waals surface area (Å²) < 4.78 is 5.64. The standard InChI is InChI=1S/C14H25NO3/c1-12-7-15(8-13(9-16)18-12)10-14(11-17)5-3-2-4-6-14/h11-13,16H,2-10H2,1H3. The van der Waals surface area contributed by atoms with E-state index < -0.39 is 0 Å². The van der Waals surface area contributed by atoms with Crippen LogP contribution in [0.25, 0.3) is 0 Å². The van der Waals surface area contributed by atoms with Crippen LogP contribution in [0.4, 0.5) is 0 Å². The smallest absolute Gasteiger partial charge is 0.127 e. The molecule has 1 heterocycles. The predicted molar refractivity (Wildman–Crippen MR) is 69.4 cm³/mol. The van der Waals surface area contributed by atoms with Crippen LogP contribution in [0, 0.1) is 5.41 Å². The lowest BCUT2D eigenvalue weighted by Crippen LogP contribution is -2.52. The molecule has 2 aliphatic rings. The molecular weight excluding hydrogens is 230 g/mol. The van der Waals surface area contributed by atoms with E-state index in [2.05, 4.69) is 4.90 Å². The molecule has 104 valence electrons. The molecule has 0 aromatic heterocycles. The second-order valence-corrected chi connectivity index (χ2v) is 5.99. The molecule has 0 bridgehead atoms. The minimum atomic E-state index is -0.144. The third-order valence-electron chi connectivity index (χ3n) is 4.24. The minimum Gasteiger partial charge on any atom is -0.394 e. The number of morpholine rings is 1. The number of carbonyl (C=O) groups is 1. The number of ether oxygens (including phenoxy) is 1. The van der Waals surface area contributed by atoms with E-state index in [0.717, 1.165) is 32.5 Å². The number of carbonyl (C=O) groups excluding carboxylic acids is 1. The number of aliphatic hydroxyl groups excluding tert-OH is 1. The average molecular weight is 255 g/mol. The van der Waals surface area contributed by atoms with Gasteiger partial charge in [-0.2, -0.15) is 0 Å². The Morgan fingerprint density at radius 1 is 1.33 bits per heavy atom. The molecule has 1 aliphatic heterocycles. The van der Waals surface area contributed by atoms with Crippen molar-refractivity contribution in [1.82, 2.24) is 4.90 Å². The Morgan fingerprint density at radius 2 is 2.06 bits per heavy atom. The number of nitrogens with zero attached hydrogens (tertiary/aromatic N) is 1. The van der Waals surface area contributed by atoms with Crippen molar-refractivity contribution in [1.29, 1.82) is 0 Å². The Bertz CT molecular complexity index is 276. The van der Waals surface area contributed by atoms with Gasteiger partial charge in [-0.15, -0.1) is 0 Å². The predicted octanol–water partition coefficient (Wildman–Crippen LogP) is 1.22. The highest BCUT2D eigenvalue weighted by Gasteiger charge is 2.36. The van der Waals surface area contributed by atoms with Crippen LogP contribution in [0.3, 0.4) is 0 Å². The molecule has 2 unspecified atom stereocenters. The quantitative estimate of drug-likeness (QED) is 0.767. The third kappa shape index (κ3) is 3.31. The lowest BCUT2D eigenvalue weighted by molar-refractivity contribution is -0.126. The van der Waals surface area contributed by atoms with Crippen molar-refractivity contribution < 1.29 is 14.6 Å². The molecule has 1 saturated heterocycles. The number of aliphatic hydroxyl groups is 1. The van der Waals surface area contributed by atoms with Crippen LogP contribution in [0.2, 0.25) is 0 Å². The summed E-state index contributed by atoms with van der Waals surface area (Å²) in [5.74, 6) is 0. The van der Waals surface area contributed by atoms with Crippen LogP contribution >= 0.6 is 0 Å². The first kappa shape index (κ1) is 14.0. The fourth-order valence-corrected chi connectivity index (χ4v) is 3.39. The summed E-state index contributed by atoms with van der Waals surface area (Å²) in [4.78, 5) is 13.8. The van der Waals surface area contributed by atoms with Crippen molar-refractivity contribution in [2.75, 3.05) is 26.2 Å². The van der Waals surface area contributed by atoms with Gasteiger partial charge in [-0.1, -0.05) is 19.3 Å². The molecular formula is C14H25NO3. The summed E-state index contributed by atoms with van der Waals surface area (Å²) in [6, 6.07) is 0. The molecule has 1 saturated carbocycles. The molecule has 2 rings (SSSR count). The topological polar surface area (TPSA) is 49.8 Å². The van der Waals surface area contributed by atoms with E-state index >= 15 is 0 Å². The molecule has 1 aliphatic carbocycles. The Balaban J connectivity index is 1.95. The van der Waals surface area contributed by atoms with E-state index in [4.69, 9.17) is 4.74 Å². The average Bonchev–Trinajstić information content (AvgIpc) is 2.39. The molecule has 4 nitrogen and oxygen atoms in total. The van der Waals surface area contributed by atoms with Crippen molar-refractivity contribution in [2.24, 2.45) is 5.41 Å². The van der Waals surface area contributed by atoms with Gasteiger partial charge >= 0.3 is 0 Å². The van der Waals surface area contributed by atoms with Crippen molar-refractivity contribution in [3.05, 3.63) is 0 Å². The zero-order chi connectivity index (χ0) is 13.0. The van der Waals surface area contributed by atoms with E-state index in [9.17, 15) is 9.90 Å². The third-order valence-corrected chi connectivity index (χ3v) is 4.24. The highest BCUT2D eigenvalue weighted by atomic mass is 16.5. The summed E-state index contributed by atoms with van der Waals surface area (Å²) >= 11 is 0. The van der Waals surface area contributed by atoms with Crippen LogP contribution in [0.5, 0.6) is 0 Å². The van der Waals surface area contributed by atoms with Crippen molar-refractivity contribution in [2.45, 2.75) is 51.2 Å². The summed E-state index contributed by atoms with van der Waals surface area (Å²) in [6.07, 6.45) is 6.86.